The zero-order chi connectivity index (χ0) is 14.3. The molecule has 0 spiro atoms. The Morgan fingerprint density at radius 2 is 2.21 bits per heavy atom. The summed E-state index contributed by atoms with van der Waals surface area (Å²) in [5.74, 6) is -1.17. The minimum atomic E-state index is -1.17. The van der Waals surface area contributed by atoms with Crippen LogP contribution in [0.4, 0.5) is 0 Å². The van der Waals surface area contributed by atoms with E-state index in [0.29, 0.717) is 13.0 Å². The summed E-state index contributed by atoms with van der Waals surface area (Å²) in [5.41, 5.74) is 0.267. The summed E-state index contributed by atoms with van der Waals surface area (Å²) in [6, 6.07) is 7.17. The van der Waals surface area contributed by atoms with E-state index in [1.807, 2.05) is 12.1 Å². The van der Waals surface area contributed by atoms with Crippen LogP contribution < -0.4 is 5.11 Å². The Kier molecular flexibility index (Phi) is 5.59. The number of carbonyl (C=O) groups excluding carboxylic acids is 1. The summed E-state index contributed by atoms with van der Waals surface area (Å²) in [4.78, 5) is 13.4. The third kappa shape index (κ3) is 4.46. The maximum Gasteiger partial charge on any atom is 0.117 e. The quantitative estimate of drug-likeness (QED) is 0.544. The fraction of sp³-hybridized carbons (Fsp3) is 0.308. The highest BCUT2D eigenvalue weighted by atomic mass is 32.1. The predicted octanol–water partition coefficient (Wildman–Crippen LogP) is 0.907. The minimum absolute atomic E-state index is 0.126. The second-order valence-electron chi connectivity index (χ2n) is 3.80. The van der Waals surface area contributed by atoms with Gasteiger partial charge in [-0.25, -0.2) is 0 Å². The fourth-order valence-electron chi connectivity index (χ4n) is 1.53. The molecule has 98 valence electrons. The van der Waals surface area contributed by atoms with E-state index in [-0.39, 0.29) is 17.1 Å². The minimum Gasteiger partial charge on any atom is -0.544 e. The van der Waals surface area contributed by atoms with Gasteiger partial charge < -0.3 is 14.8 Å². The molecule has 1 rings (SSSR count). The van der Waals surface area contributed by atoms with Gasteiger partial charge in [0, 0.05) is 11.4 Å². The molecule has 1 heterocycles. The number of nitriles is 2. The molecule has 19 heavy (non-hydrogen) atoms. The number of nitrogens with zero attached hydrogens (tertiary/aromatic N) is 3. The standard InChI is InChI=1S/C13H13N3O2S/c1-10(9-15)16(8-6-14)7-2-3-11-4-5-12(19-11)13(17)18/h4-5H,1-3,7-8H2,(H,17,18)/p-1. The molecule has 0 N–H and O–H groups in total. The molecule has 5 nitrogen and oxygen atoms in total. The fourth-order valence-corrected chi connectivity index (χ4v) is 2.42. The van der Waals surface area contributed by atoms with Crippen molar-refractivity contribution in [1.82, 2.24) is 4.90 Å². The van der Waals surface area contributed by atoms with Gasteiger partial charge in [0.2, 0.25) is 0 Å². The Bertz CT molecular complexity index is 551. The average molecular weight is 274 g/mol. The van der Waals surface area contributed by atoms with E-state index in [1.165, 1.54) is 17.4 Å². The van der Waals surface area contributed by atoms with Crippen LogP contribution in [0.1, 0.15) is 21.0 Å². The molecule has 0 aliphatic carbocycles. The molecule has 0 saturated carbocycles. The zero-order valence-electron chi connectivity index (χ0n) is 10.3. The molecule has 0 saturated heterocycles. The molecule has 0 radical (unpaired) electrons. The lowest BCUT2D eigenvalue weighted by Gasteiger charge is -2.18. The molecule has 6 heteroatoms. The lowest BCUT2D eigenvalue weighted by atomic mass is 10.2. The Morgan fingerprint density at radius 3 is 2.74 bits per heavy atom. The van der Waals surface area contributed by atoms with Crippen molar-refractivity contribution < 1.29 is 9.90 Å². The first-order valence-electron chi connectivity index (χ1n) is 5.59. The Morgan fingerprint density at radius 1 is 1.47 bits per heavy atom. The van der Waals surface area contributed by atoms with Crippen molar-refractivity contribution in [2.24, 2.45) is 0 Å². The summed E-state index contributed by atoms with van der Waals surface area (Å²) >= 11 is 1.19. The second kappa shape index (κ2) is 7.20. The van der Waals surface area contributed by atoms with Gasteiger partial charge in [-0.2, -0.15) is 10.5 Å². The largest absolute Gasteiger partial charge is 0.544 e. The number of hydrogen-bond acceptors (Lipinski definition) is 6. The number of carboxylic acids is 1. The maximum absolute atomic E-state index is 10.6. The van der Waals surface area contributed by atoms with Crippen LogP contribution in [0.3, 0.4) is 0 Å². The van der Waals surface area contributed by atoms with Crippen molar-refractivity contribution in [2.45, 2.75) is 12.8 Å². The third-order valence-corrected chi connectivity index (χ3v) is 3.61. The van der Waals surface area contributed by atoms with Gasteiger partial charge in [0.05, 0.1) is 16.9 Å². The second-order valence-corrected chi connectivity index (χ2v) is 4.96. The van der Waals surface area contributed by atoms with Crippen LogP contribution in [0.25, 0.3) is 0 Å². The third-order valence-electron chi connectivity index (χ3n) is 2.49. The zero-order valence-corrected chi connectivity index (χ0v) is 11.1. The first-order valence-corrected chi connectivity index (χ1v) is 6.41. The average Bonchev–Trinajstić information content (AvgIpc) is 2.86. The number of rotatable bonds is 7. The first kappa shape index (κ1) is 14.7. The number of hydrogen-bond donors (Lipinski definition) is 0. The van der Waals surface area contributed by atoms with Gasteiger partial charge in [0.1, 0.15) is 18.3 Å². The van der Waals surface area contributed by atoms with Crippen LogP contribution in [0, 0.1) is 22.7 Å². The predicted molar refractivity (Wildman–Crippen MR) is 68.9 cm³/mol. The number of aromatic carboxylic acids is 1. The molecule has 1 aromatic rings. The van der Waals surface area contributed by atoms with Crippen LogP contribution in [-0.2, 0) is 6.42 Å². The highest BCUT2D eigenvalue weighted by molar-refractivity contribution is 7.13. The lowest BCUT2D eigenvalue weighted by molar-refractivity contribution is -0.254. The van der Waals surface area contributed by atoms with Crippen molar-refractivity contribution >= 4 is 17.3 Å². The van der Waals surface area contributed by atoms with Gasteiger partial charge in [-0.15, -0.1) is 11.3 Å². The molecule has 1 aromatic heterocycles. The molecule has 0 fully saturated rings. The molecule has 0 amide bonds. The Labute approximate surface area is 115 Å². The van der Waals surface area contributed by atoms with E-state index < -0.39 is 5.97 Å². The van der Waals surface area contributed by atoms with Crippen molar-refractivity contribution in [2.75, 3.05) is 13.1 Å². The lowest BCUT2D eigenvalue weighted by Crippen LogP contribution is -2.23. The Balaban J connectivity index is 2.48. The van der Waals surface area contributed by atoms with Crippen LogP contribution >= 0.6 is 11.3 Å². The summed E-state index contributed by atoms with van der Waals surface area (Å²) in [6.07, 6.45) is 1.41. The molecule has 0 aliphatic rings. The van der Waals surface area contributed by atoms with E-state index in [2.05, 4.69) is 6.58 Å². The number of allylic oxidation sites excluding steroid dienone is 1. The maximum atomic E-state index is 10.6. The Hall–Kier alpha value is -2.31. The topological polar surface area (TPSA) is 91.0 Å². The van der Waals surface area contributed by atoms with Gasteiger partial charge in [-0.05, 0) is 25.0 Å². The molecule has 0 aromatic carbocycles. The SMILES string of the molecule is C=C(C#N)N(CC#N)CCCc1ccc(C(=O)[O-])s1. The number of aryl methyl sites for hydroxylation is 1. The van der Waals surface area contributed by atoms with Crippen molar-refractivity contribution in [1.29, 1.82) is 10.5 Å². The molecular formula is C13H12N3O2S-. The van der Waals surface area contributed by atoms with Crippen LogP contribution in [0.2, 0.25) is 0 Å². The molecule has 0 atom stereocenters. The van der Waals surface area contributed by atoms with Crippen LogP contribution in [0.5, 0.6) is 0 Å². The first-order chi connectivity index (χ1) is 9.08. The molecule has 0 aliphatic heterocycles. The summed E-state index contributed by atoms with van der Waals surface area (Å²) in [5, 5.41) is 28.0. The molecular weight excluding hydrogens is 262 g/mol. The number of carbonyl (C=O) groups is 1. The van der Waals surface area contributed by atoms with Gasteiger partial charge >= 0.3 is 0 Å². The molecule has 0 unspecified atom stereocenters. The van der Waals surface area contributed by atoms with E-state index in [9.17, 15) is 9.90 Å². The van der Waals surface area contributed by atoms with E-state index in [0.717, 1.165) is 11.3 Å². The van der Waals surface area contributed by atoms with Crippen molar-refractivity contribution in [3.8, 4) is 12.1 Å². The van der Waals surface area contributed by atoms with Crippen molar-refractivity contribution in [3.63, 3.8) is 0 Å². The highest BCUT2D eigenvalue weighted by Crippen LogP contribution is 2.17. The summed E-state index contributed by atoms with van der Waals surface area (Å²) in [6.45, 7) is 4.24. The van der Waals surface area contributed by atoms with Crippen LogP contribution in [-0.4, -0.2) is 24.0 Å². The normalized spacial score (nSPS) is 9.37. The van der Waals surface area contributed by atoms with Crippen LogP contribution in [0.15, 0.2) is 24.4 Å². The number of thiophene rings is 1. The van der Waals surface area contributed by atoms with Gasteiger partial charge in [0.15, 0.2) is 0 Å². The van der Waals surface area contributed by atoms with Crippen molar-refractivity contribution in [3.05, 3.63) is 34.2 Å². The summed E-state index contributed by atoms with van der Waals surface area (Å²) in [7, 11) is 0. The van der Waals surface area contributed by atoms with Gasteiger partial charge in [-0.1, -0.05) is 6.58 Å². The van der Waals surface area contributed by atoms with Gasteiger partial charge in [0.25, 0.3) is 0 Å². The monoisotopic (exact) mass is 274 g/mol. The summed E-state index contributed by atoms with van der Waals surface area (Å²) < 4.78 is 0. The smallest absolute Gasteiger partial charge is 0.117 e. The highest BCUT2D eigenvalue weighted by Gasteiger charge is 2.07. The van der Waals surface area contributed by atoms with E-state index in [1.54, 1.807) is 11.0 Å². The van der Waals surface area contributed by atoms with Gasteiger partial charge in [-0.3, -0.25) is 0 Å². The number of carboxylic acid groups (broad SMARTS) is 1. The molecule has 0 bridgehead atoms. The van der Waals surface area contributed by atoms with E-state index >= 15 is 0 Å². The van der Waals surface area contributed by atoms with E-state index in [4.69, 9.17) is 10.5 Å².